The molecule has 5 rings (SSSR count). The van der Waals surface area contributed by atoms with Gasteiger partial charge in [0.15, 0.2) is 5.13 Å². The molecule has 1 unspecified atom stereocenters. The molecule has 1 amide bonds. The number of hydrogen-bond donors (Lipinski definition) is 0. The molecule has 2 saturated heterocycles. The van der Waals surface area contributed by atoms with Crippen LogP contribution in [0.25, 0.3) is 10.2 Å². The molecule has 0 N–H and O–H groups in total. The summed E-state index contributed by atoms with van der Waals surface area (Å²) in [5.74, 6) is -0.205. The second-order valence-electron chi connectivity index (χ2n) is 10.5. The Kier molecular flexibility index (Phi) is 9.44. The number of amides is 1. The third-order valence-electron chi connectivity index (χ3n) is 7.87. The van der Waals surface area contributed by atoms with Crippen LogP contribution < -0.4 is 4.90 Å². The zero-order chi connectivity index (χ0) is 28.3. The van der Waals surface area contributed by atoms with Crippen molar-refractivity contribution in [2.75, 3.05) is 50.8 Å². The van der Waals surface area contributed by atoms with Crippen molar-refractivity contribution in [2.24, 2.45) is 0 Å². The van der Waals surface area contributed by atoms with Crippen LogP contribution in [-0.4, -0.2) is 80.5 Å². The van der Waals surface area contributed by atoms with Crippen LogP contribution in [0, 0.1) is 6.92 Å². The number of aromatic nitrogens is 1. The Morgan fingerprint density at radius 3 is 2.58 bits per heavy atom. The predicted molar refractivity (Wildman–Crippen MR) is 161 cm³/mol. The molecule has 8 nitrogen and oxygen atoms in total. The lowest BCUT2D eigenvalue weighted by Crippen LogP contribution is -2.43. The van der Waals surface area contributed by atoms with E-state index in [1.807, 2.05) is 26.0 Å². The van der Waals surface area contributed by atoms with E-state index in [-0.39, 0.29) is 16.8 Å². The molecule has 0 saturated carbocycles. The predicted octanol–water partition coefficient (Wildman–Crippen LogP) is 5.58. The van der Waals surface area contributed by atoms with Crippen molar-refractivity contribution in [1.82, 2.24) is 14.2 Å². The maximum atomic E-state index is 13.9. The van der Waals surface area contributed by atoms with Crippen molar-refractivity contribution in [3.05, 3.63) is 52.5 Å². The lowest BCUT2D eigenvalue weighted by molar-refractivity contribution is 0.0376. The zero-order valence-electron chi connectivity index (χ0n) is 23.1. The fraction of sp³-hybridized carbons (Fsp3) is 0.517. The summed E-state index contributed by atoms with van der Waals surface area (Å²) in [5.41, 5.74) is 2.23. The number of fused-ring (bicyclic) bond motifs is 1. The lowest BCUT2D eigenvalue weighted by Gasteiger charge is -2.34. The maximum Gasteiger partial charge on any atom is 0.260 e. The van der Waals surface area contributed by atoms with E-state index >= 15 is 0 Å². The van der Waals surface area contributed by atoms with Crippen LogP contribution in [0.4, 0.5) is 5.13 Å². The van der Waals surface area contributed by atoms with Crippen molar-refractivity contribution < 1.29 is 17.9 Å². The van der Waals surface area contributed by atoms with Crippen molar-refractivity contribution >= 4 is 54.2 Å². The molecular formula is C29H37ClN4O4S2. The monoisotopic (exact) mass is 604 g/mol. The molecule has 2 aliphatic heterocycles. The van der Waals surface area contributed by atoms with Gasteiger partial charge >= 0.3 is 0 Å². The van der Waals surface area contributed by atoms with Gasteiger partial charge in [-0.2, -0.15) is 4.31 Å². The van der Waals surface area contributed by atoms with E-state index in [0.29, 0.717) is 28.8 Å². The summed E-state index contributed by atoms with van der Waals surface area (Å²) in [4.78, 5) is 23.0. The minimum atomic E-state index is -3.62. The standard InChI is InChI=1S/C29H37ClN4O4S2/c1-3-23-7-4-5-16-34(23)40(36,37)24-11-9-22(10-12-24)28(35)33(15-6-14-32-17-19-38-20-18-32)29-31-26-21(2)8-13-25(30)27(26)39-29/h8-13,23H,3-7,14-20H2,1-2H3. The minimum Gasteiger partial charge on any atom is -0.379 e. The Hall–Kier alpha value is -2.08. The molecule has 2 fully saturated rings. The SMILES string of the molecule is CCC1CCCCN1S(=O)(=O)c1ccc(C(=O)N(CCCN2CCOCC2)c2nc3c(C)ccc(Cl)c3s2)cc1. The molecule has 2 aliphatic rings. The number of aryl methyl sites for hydroxylation is 1. The Balaban J connectivity index is 1.40. The number of halogens is 1. The second-order valence-corrected chi connectivity index (χ2v) is 13.8. The molecule has 1 atom stereocenters. The summed E-state index contributed by atoms with van der Waals surface area (Å²) in [5, 5.41) is 1.21. The maximum absolute atomic E-state index is 13.9. The van der Waals surface area contributed by atoms with Crippen LogP contribution in [0.5, 0.6) is 0 Å². The third kappa shape index (κ3) is 6.22. The van der Waals surface area contributed by atoms with Crippen molar-refractivity contribution in [3.63, 3.8) is 0 Å². The highest BCUT2D eigenvalue weighted by atomic mass is 35.5. The molecule has 3 heterocycles. The van der Waals surface area contributed by atoms with Gasteiger partial charge in [0.25, 0.3) is 5.91 Å². The number of thiazole rings is 1. The van der Waals surface area contributed by atoms with Crippen LogP contribution in [0.3, 0.4) is 0 Å². The average molecular weight is 605 g/mol. The molecule has 40 heavy (non-hydrogen) atoms. The van der Waals surface area contributed by atoms with Crippen molar-refractivity contribution in [2.45, 2.75) is 56.9 Å². The Labute approximate surface area is 245 Å². The van der Waals surface area contributed by atoms with Crippen molar-refractivity contribution in [3.8, 4) is 0 Å². The second kappa shape index (κ2) is 12.8. The smallest absolute Gasteiger partial charge is 0.260 e. The molecule has 0 bridgehead atoms. The number of benzene rings is 2. The van der Waals surface area contributed by atoms with E-state index in [1.165, 1.54) is 11.3 Å². The van der Waals surface area contributed by atoms with E-state index < -0.39 is 10.0 Å². The third-order valence-corrected chi connectivity index (χ3v) is 11.4. The molecule has 0 aliphatic carbocycles. The van der Waals surface area contributed by atoms with Gasteiger partial charge in [0.05, 0.1) is 33.3 Å². The van der Waals surface area contributed by atoms with Crippen LogP contribution in [-0.2, 0) is 14.8 Å². The number of carbonyl (C=O) groups is 1. The topological polar surface area (TPSA) is 83.1 Å². The normalized spacial score (nSPS) is 19.2. The first kappa shape index (κ1) is 29.4. The lowest BCUT2D eigenvalue weighted by atomic mass is 10.0. The van der Waals surface area contributed by atoms with Crippen LogP contribution in [0.2, 0.25) is 5.02 Å². The van der Waals surface area contributed by atoms with E-state index in [9.17, 15) is 13.2 Å². The molecule has 216 valence electrons. The summed E-state index contributed by atoms with van der Waals surface area (Å²) in [6.45, 7) is 9.11. The van der Waals surface area contributed by atoms with Crippen LogP contribution in [0.15, 0.2) is 41.3 Å². The number of piperidine rings is 1. The van der Waals surface area contributed by atoms with Gasteiger partial charge in [-0.25, -0.2) is 13.4 Å². The van der Waals surface area contributed by atoms with Gasteiger partial charge in [0.1, 0.15) is 0 Å². The van der Waals surface area contributed by atoms with Crippen LogP contribution >= 0.6 is 22.9 Å². The summed E-state index contributed by atoms with van der Waals surface area (Å²) in [6.07, 6.45) is 4.37. The molecule has 3 aromatic rings. The first-order valence-corrected chi connectivity index (χ1v) is 16.7. The van der Waals surface area contributed by atoms with E-state index in [4.69, 9.17) is 21.3 Å². The Morgan fingerprint density at radius 1 is 1.12 bits per heavy atom. The number of hydrogen-bond acceptors (Lipinski definition) is 7. The van der Waals surface area contributed by atoms with Gasteiger partial charge in [0.2, 0.25) is 10.0 Å². The van der Waals surface area contributed by atoms with Gasteiger partial charge in [-0.1, -0.05) is 42.3 Å². The fourth-order valence-electron chi connectivity index (χ4n) is 5.53. The minimum absolute atomic E-state index is 0.0244. The van der Waals surface area contributed by atoms with E-state index in [0.717, 1.165) is 80.7 Å². The van der Waals surface area contributed by atoms with E-state index in [1.54, 1.807) is 33.5 Å². The highest BCUT2D eigenvalue weighted by Crippen LogP contribution is 2.36. The molecule has 1 aromatic heterocycles. The number of anilines is 1. The summed E-state index contributed by atoms with van der Waals surface area (Å²) < 4.78 is 34.8. The zero-order valence-corrected chi connectivity index (χ0v) is 25.5. The highest BCUT2D eigenvalue weighted by molar-refractivity contribution is 7.89. The number of rotatable bonds is 9. The van der Waals surface area contributed by atoms with Gasteiger partial charge in [-0.15, -0.1) is 0 Å². The summed E-state index contributed by atoms with van der Waals surface area (Å²) >= 11 is 7.89. The van der Waals surface area contributed by atoms with E-state index in [2.05, 4.69) is 4.90 Å². The van der Waals surface area contributed by atoms with Gasteiger partial charge in [0, 0.05) is 44.3 Å². The van der Waals surface area contributed by atoms with Crippen molar-refractivity contribution in [1.29, 1.82) is 0 Å². The average Bonchev–Trinajstić information content (AvgIpc) is 3.44. The summed E-state index contributed by atoms with van der Waals surface area (Å²) in [6, 6.07) is 10.2. The number of nitrogens with zero attached hydrogens (tertiary/aromatic N) is 4. The first-order valence-electron chi connectivity index (χ1n) is 14.1. The molecule has 2 aromatic carbocycles. The van der Waals surface area contributed by atoms with Gasteiger partial charge in [-0.3, -0.25) is 14.6 Å². The Bertz CT molecular complexity index is 1400. The molecule has 11 heteroatoms. The fourth-order valence-corrected chi connectivity index (χ4v) is 8.63. The molecule has 0 radical (unpaired) electrons. The number of sulfonamides is 1. The largest absolute Gasteiger partial charge is 0.379 e. The number of morpholine rings is 1. The molecule has 0 spiro atoms. The quantitative estimate of drug-likeness (QED) is 0.317. The Morgan fingerprint density at radius 2 is 1.88 bits per heavy atom. The molecular weight excluding hydrogens is 568 g/mol. The first-order chi connectivity index (χ1) is 19.3. The van der Waals surface area contributed by atoms with Gasteiger partial charge < -0.3 is 4.74 Å². The summed E-state index contributed by atoms with van der Waals surface area (Å²) in [7, 11) is -3.62. The number of ether oxygens (including phenoxy) is 1. The highest BCUT2D eigenvalue weighted by Gasteiger charge is 2.33. The van der Waals surface area contributed by atoms with Gasteiger partial charge in [-0.05, 0) is 68.5 Å². The van der Waals surface area contributed by atoms with Crippen LogP contribution in [0.1, 0.15) is 54.9 Å². The number of carbonyl (C=O) groups excluding carboxylic acids is 1.